The summed E-state index contributed by atoms with van der Waals surface area (Å²) in [6.45, 7) is 0.634. The van der Waals surface area contributed by atoms with Crippen LogP contribution in [0.1, 0.15) is 23.1 Å². The summed E-state index contributed by atoms with van der Waals surface area (Å²) in [6, 6.07) is 18.1. The molecule has 0 amide bonds. The lowest BCUT2D eigenvalue weighted by Gasteiger charge is -2.32. The number of fused-ring (bicyclic) bond motifs is 3. The SMILES string of the molecule is OC12ON(Cc3ccccc3)C=C1CCc1ccccc12. The summed E-state index contributed by atoms with van der Waals surface area (Å²) in [5.41, 5.74) is 4.14. The second-order valence-corrected chi connectivity index (χ2v) is 5.61. The van der Waals surface area contributed by atoms with E-state index >= 15 is 0 Å². The molecule has 4 rings (SSSR count). The van der Waals surface area contributed by atoms with Crippen molar-refractivity contribution in [3.8, 4) is 0 Å². The van der Waals surface area contributed by atoms with Crippen LogP contribution in [-0.4, -0.2) is 10.2 Å². The van der Waals surface area contributed by atoms with Crippen LogP contribution in [0.25, 0.3) is 0 Å². The first-order valence-corrected chi connectivity index (χ1v) is 7.27. The van der Waals surface area contributed by atoms with Crippen molar-refractivity contribution in [1.29, 1.82) is 0 Å². The molecule has 1 unspecified atom stereocenters. The average molecular weight is 279 g/mol. The smallest absolute Gasteiger partial charge is 0.242 e. The van der Waals surface area contributed by atoms with Crippen molar-refractivity contribution in [1.82, 2.24) is 5.06 Å². The van der Waals surface area contributed by atoms with Crippen LogP contribution in [0.15, 0.2) is 66.4 Å². The minimum atomic E-state index is -1.29. The number of aryl methyl sites for hydroxylation is 1. The molecule has 0 radical (unpaired) electrons. The van der Waals surface area contributed by atoms with Gasteiger partial charge in [-0.25, -0.2) is 4.84 Å². The summed E-state index contributed by atoms with van der Waals surface area (Å²) in [7, 11) is 0. The molecule has 2 aliphatic rings. The Morgan fingerprint density at radius 2 is 1.76 bits per heavy atom. The number of aliphatic hydroxyl groups is 1. The van der Waals surface area contributed by atoms with Gasteiger partial charge in [0.2, 0.25) is 5.79 Å². The Labute approximate surface area is 124 Å². The van der Waals surface area contributed by atoms with Crippen LogP contribution < -0.4 is 0 Å². The average Bonchev–Trinajstić information content (AvgIpc) is 2.85. The van der Waals surface area contributed by atoms with Gasteiger partial charge in [-0.1, -0.05) is 54.6 Å². The van der Waals surface area contributed by atoms with Crippen molar-refractivity contribution in [3.05, 3.63) is 83.1 Å². The molecule has 1 heterocycles. The van der Waals surface area contributed by atoms with Gasteiger partial charge in [0.15, 0.2) is 0 Å². The topological polar surface area (TPSA) is 32.7 Å². The van der Waals surface area contributed by atoms with Gasteiger partial charge in [-0.2, -0.15) is 0 Å². The maximum absolute atomic E-state index is 11.0. The second kappa shape index (κ2) is 4.72. The molecule has 0 saturated carbocycles. The predicted molar refractivity (Wildman–Crippen MR) is 79.8 cm³/mol. The van der Waals surface area contributed by atoms with Gasteiger partial charge >= 0.3 is 0 Å². The van der Waals surface area contributed by atoms with E-state index in [1.807, 2.05) is 42.6 Å². The number of hydroxylamine groups is 2. The van der Waals surface area contributed by atoms with Crippen LogP contribution in [0.2, 0.25) is 0 Å². The first-order chi connectivity index (χ1) is 10.3. The first kappa shape index (κ1) is 12.6. The fourth-order valence-corrected chi connectivity index (χ4v) is 3.15. The Hall–Kier alpha value is -2.10. The largest absolute Gasteiger partial charge is 0.357 e. The summed E-state index contributed by atoms with van der Waals surface area (Å²) in [5.74, 6) is -1.29. The Kier molecular flexibility index (Phi) is 2.84. The third kappa shape index (κ3) is 2.06. The van der Waals surface area contributed by atoms with E-state index in [4.69, 9.17) is 4.84 Å². The number of hydrogen-bond donors (Lipinski definition) is 1. The molecule has 3 nitrogen and oxygen atoms in total. The van der Waals surface area contributed by atoms with E-state index in [0.29, 0.717) is 6.54 Å². The standard InChI is InChI=1S/C18H17NO2/c20-18-16(11-10-15-8-4-5-9-17(15)18)13-19(21-18)12-14-6-2-1-3-7-14/h1-9,13,20H,10-12H2. The van der Waals surface area contributed by atoms with Gasteiger partial charge in [0.1, 0.15) is 0 Å². The molecule has 0 aromatic heterocycles. The Morgan fingerprint density at radius 3 is 2.62 bits per heavy atom. The molecular formula is C18H17NO2. The third-order valence-corrected chi connectivity index (χ3v) is 4.21. The van der Waals surface area contributed by atoms with E-state index < -0.39 is 5.79 Å². The van der Waals surface area contributed by atoms with Crippen LogP contribution in [-0.2, 0) is 23.6 Å². The summed E-state index contributed by atoms with van der Waals surface area (Å²) in [4.78, 5) is 5.88. The molecule has 2 aromatic rings. The van der Waals surface area contributed by atoms with Gasteiger partial charge in [-0.3, -0.25) is 5.06 Å². The van der Waals surface area contributed by atoms with E-state index in [0.717, 1.165) is 29.5 Å². The lowest BCUT2D eigenvalue weighted by molar-refractivity contribution is -0.286. The van der Waals surface area contributed by atoms with Gasteiger partial charge in [0.05, 0.1) is 6.54 Å². The molecule has 106 valence electrons. The van der Waals surface area contributed by atoms with E-state index in [1.54, 1.807) is 5.06 Å². The van der Waals surface area contributed by atoms with Gasteiger partial charge in [0, 0.05) is 17.3 Å². The lowest BCUT2D eigenvalue weighted by atomic mass is 9.84. The molecule has 21 heavy (non-hydrogen) atoms. The molecule has 3 heteroatoms. The maximum Gasteiger partial charge on any atom is 0.242 e. The van der Waals surface area contributed by atoms with Crippen molar-refractivity contribution >= 4 is 0 Å². The van der Waals surface area contributed by atoms with E-state index in [9.17, 15) is 5.11 Å². The molecule has 0 saturated heterocycles. The fourth-order valence-electron chi connectivity index (χ4n) is 3.15. The van der Waals surface area contributed by atoms with Crippen molar-refractivity contribution < 1.29 is 9.94 Å². The zero-order valence-corrected chi connectivity index (χ0v) is 11.7. The second-order valence-electron chi connectivity index (χ2n) is 5.61. The molecule has 1 N–H and O–H groups in total. The minimum Gasteiger partial charge on any atom is -0.357 e. The predicted octanol–water partition coefficient (Wildman–Crippen LogP) is 3.11. The highest BCUT2D eigenvalue weighted by Gasteiger charge is 2.45. The third-order valence-electron chi connectivity index (χ3n) is 4.21. The van der Waals surface area contributed by atoms with Gasteiger partial charge in [-0.05, 0) is 24.0 Å². The van der Waals surface area contributed by atoms with E-state index in [2.05, 4.69) is 18.2 Å². The monoisotopic (exact) mass is 279 g/mol. The van der Waals surface area contributed by atoms with Crippen LogP contribution in [0.5, 0.6) is 0 Å². The molecule has 1 aliphatic carbocycles. The highest BCUT2D eigenvalue weighted by Crippen LogP contribution is 2.44. The van der Waals surface area contributed by atoms with E-state index in [1.165, 1.54) is 5.56 Å². The fraction of sp³-hybridized carbons (Fsp3) is 0.222. The van der Waals surface area contributed by atoms with Gasteiger partial charge in [-0.15, -0.1) is 0 Å². The lowest BCUT2D eigenvalue weighted by Crippen LogP contribution is -2.35. The van der Waals surface area contributed by atoms with Gasteiger partial charge in [0.25, 0.3) is 0 Å². The summed E-state index contributed by atoms with van der Waals surface area (Å²) >= 11 is 0. The highest BCUT2D eigenvalue weighted by atomic mass is 16.8. The number of hydrogen-bond acceptors (Lipinski definition) is 3. The van der Waals surface area contributed by atoms with Crippen LogP contribution in [0, 0.1) is 0 Å². The zero-order chi connectivity index (χ0) is 14.3. The molecule has 2 aromatic carbocycles. The number of benzene rings is 2. The summed E-state index contributed by atoms with van der Waals surface area (Å²) in [5, 5.41) is 12.7. The van der Waals surface area contributed by atoms with Crippen molar-refractivity contribution in [2.75, 3.05) is 0 Å². The summed E-state index contributed by atoms with van der Waals surface area (Å²) < 4.78 is 0. The molecule has 0 fully saturated rings. The maximum atomic E-state index is 11.0. The Balaban J connectivity index is 1.64. The Morgan fingerprint density at radius 1 is 1.00 bits per heavy atom. The van der Waals surface area contributed by atoms with Crippen LogP contribution >= 0.6 is 0 Å². The van der Waals surface area contributed by atoms with Crippen molar-refractivity contribution in [2.24, 2.45) is 0 Å². The first-order valence-electron chi connectivity index (χ1n) is 7.27. The number of nitrogens with zero attached hydrogens (tertiary/aromatic N) is 1. The number of rotatable bonds is 2. The van der Waals surface area contributed by atoms with Crippen LogP contribution in [0.4, 0.5) is 0 Å². The molecular weight excluding hydrogens is 262 g/mol. The van der Waals surface area contributed by atoms with Crippen LogP contribution in [0.3, 0.4) is 0 Å². The minimum absolute atomic E-state index is 0.634. The van der Waals surface area contributed by atoms with Crippen molar-refractivity contribution in [3.63, 3.8) is 0 Å². The van der Waals surface area contributed by atoms with Gasteiger partial charge < -0.3 is 5.11 Å². The molecule has 1 atom stereocenters. The summed E-state index contributed by atoms with van der Waals surface area (Å²) in [6.07, 6.45) is 3.73. The van der Waals surface area contributed by atoms with E-state index in [-0.39, 0.29) is 0 Å². The quantitative estimate of drug-likeness (QED) is 0.917. The molecule has 0 bridgehead atoms. The zero-order valence-electron chi connectivity index (χ0n) is 11.7. The molecule has 0 spiro atoms. The highest BCUT2D eigenvalue weighted by molar-refractivity contribution is 5.42. The normalized spacial score (nSPS) is 23.5. The molecule has 1 aliphatic heterocycles. The van der Waals surface area contributed by atoms with Crippen molar-refractivity contribution in [2.45, 2.75) is 25.2 Å². The Bertz CT molecular complexity index is 695.